The molecule has 2 aliphatic heterocycles. The van der Waals surface area contributed by atoms with Gasteiger partial charge in [0.15, 0.2) is 0 Å². The van der Waals surface area contributed by atoms with Crippen LogP contribution >= 0.6 is 0 Å². The van der Waals surface area contributed by atoms with Gasteiger partial charge in [-0.15, -0.1) is 0 Å². The highest BCUT2D eigenvalue weighted by atomic mass is 19.3. The largest absolute Gasteiger partial charge is 0.478 e. The molecular formula is C25H29F2N3O4. The van der Waals surface area contributed by atoms with E-state index < -0.39 is 29.9 Å². The van der Waals surface area contributed by atoms with Gasteiger partial charge in [-0.2, -0.15) is 0 Å². The monoisotopic (exact) mass is 473 g/mol. The van der Waals surface area contributed by atoms with Gasteiger partial charge in [-0.1, -0.05) is 36.4 Å². The zero-order chi connectivity index (χ0) is 24.3. The Hall–Kier alpha value is -3.36. The standard InChI is InChI=1S/C25H29F2N3O4/c1-28-21-19(22(31)32)8-5-9-20(21)29-13-10-24(11-14-29)12-15-30(17-25(24,26)27)23(33)34-16-18-6-3-2-4-7-18/h2-9,28H,10-17H2,1H3,(H,31,32). The number of anilines is 2. The molecule has 2 aliphatic rings. The summed E-state index contributed by atoms with van der Waals surface area (Å²) < 4.78 is 36.1. The Balaban J connectivity index is 1.40. The maximum Gasteiger partial charge on any atom is 0.410 e. The summed E-state index contributed by atoms with van der Waals surface area (Å²) >= 11 is 0. The molecule has 2 heterocycles. The topological polar surface area (TPSA) is 82.1 Å². The summed E-state index contributed by atoms with van der Waals surface area (Å²) in [7, 11) is 1.65. The average Bonchev–Trinajstić information content (AvgIpc) is 2.84. The molecule has 34 heavy (non-hydrogen) atoms. The van der Waals surface area contributed by atoms with Crippen molar-refractivity contribution in [2.75, 3.05) is 43.4 Å². The Labute approximate surface area is 197 Å². The minimum Gasteiger partial charge on any atom is -0.478 e. The van der Waals surface area contributed by atoms with Crippen LogP contribution in [0.4, 0.5) is 25.0 Å². The van der Waals surface area contributed by atoms with Crippen LogP contribution in [0.2, 0.25) is 0 Å². The maximum atomic E-state index is 15.4. The molecule has 0 aliphatic carbocycles. The lowest BCUT2D eigenvalue weighted by atomic mass is 9.68. The van der Waals surface area contributed by atoms with Crippen LogP contribution in [0.15, 0.2) is 48.5 Å². The number of alkyl halides is 2. The van der Waals surface area contributed by atoms with Crippen LogP contribution in [0.25, 0.3) is 0 Å². The highest BCUT2D eigenvalue weighted by molar-refractivity contribution is 5.98. The summed E-state index contributed by atoms with van der Waals surface area (Å²) in [5.74, 6) is -4.09. The Morgan fingerprint density at radius 2 is 1.71 bits per heavy atom. The van der Waals surface area contributed by atoms with Crippen LogP contribution < -0.4 is 10.2 Å². The number of hydrogen-bond acceptors (Lipinski definition) is 5. The first-order chi connectivity index (χ1) is 16.3. The fraction of sp³-hybridized carbons (Fsp3) is 0.440. The van der Waals surface area contributed by atoms with E-state index in [-0.39, 0.29) is 38.0 Å². The molecule has 2 N–H and O–H groups in total. The van der Waals surface area contributed by atoms with Crippen LogP contribution in [0.5, 0.6) is 0 Å². The van der Waals surface area contributed by atoms with E-state index >= 15 is 8.78 Å². The summed E-state index contributed by atoms with van der Waals surface area (Å²) in [4.78, 5) is 27.1. The molecule has 0 unspecified atom stereocenters. The molecule has 2 aromatic carbocycles. The minimum absolute atomic E-state index is 0.0467. The summed E-state index contributed by atoms with van der Waals surface area (Å²) in [6, 6.07) is 14.1. The van der Waals surface area contributed by atoms with Crippen molar-refractivity contribution in [2.45, 2.75) is 31.8 Å². The number of amides is 1. The van der Waals surface area contributed by atoms with Gasteiger partial charge in [-0.3, -0.25) is 0 Å². The predicted molar refractivity (Wildman–Crippen MR) is 125 cm³/mol. The van der Waals surface area contributed by atoms with Crippen molar-refractivity contribution in [3.05, 3.63) is 59.7 Å². The second-order valence-electron chi connectivity index (χ2n) is 8.94. The molecule has 0 radical (unpaired) electrons. The zero-order valence-corrected chi connectivity index (χ0v) is 19.1. The molecule has 0 aromatic heterocycles. The molecular weight excluding hydrogens is 444 g/mol. The first-order valence-corrected chi connectivity index (χ1v) is 11.4. The highest BCUT2D eigenvalue weighted by Crippen LogP contribution is 2.51. The van der Waals surface area contributed by atoms with Crippen molar-refractivity contribution >= 4 is 23.4 Å². The maximum absolute atomic E-state index is 15.4. The van der Waals surface area contributed by atoms with Crippen molar-refractivity contribution in [1.29, 1.82) is 0 Å². The first-order valence-electron chi connectivity index (χ1n) is 11.4. The normalized spacial score (nSPS) is 19.0. The molecule has 2 saturated heterocycles. The van der Waals surface area contributed by atoms with Crippen LogP contribution in [0, 0.1) is 5.41 Å². The number of rotatable bonds is 5. The van der Waals surface area contributed by atoms with Crippen LogP contribution in [0.3, 0.4) is 0 Å². The van der Waals surface area contributed by atoms with E-state index in [9.17, 15) is 14.7 Å². The number of carboxylic acid groups (broad SMARTS) is 1. The molecule has 1 amide bonds. The minimum atomic E-state index is -3.04. The molecule has 2 aromatic rings. The van der Waals surface area contributed by atoms with E-state index in [1.807, 2.05) is 35.2 Å². The third-order valence-corrected chi connectivity index (χ3v) is 7.07. The summed E-state index contributed by atoms with van der Waals surface area (Å²) in [5.41, 5.74) is 0.935. The number of carbonyl (C=O) groups excluding carboxylic acids is 1. The summed E-state index contributed by atoms with van der Waals surface area (Å²) in [6.07, 6.45) is -0.0109. The smallest absolute Gasteiger partial charge is 0.410 e. The Morgan fingerprint density at radius 3 is 2.32 bits per heavy atom. The molecule has 4 rings (SSSR count). The number of nitrogens with zero attached hydrogens (tertiary/aromatic N) is 2. The van der Waals surface area contributed by atoms with Gasteiger partial charge in [-0.25, -0.2) is 18.4 Å². The second kappa shape index (κ2) is 9.48. The van der Waals surface area contributed by atoms with Gasteiger partial charge in [0, 0.05) is 32.1 Å². The van der Waals surface area contributed by atoms with Crippen molar-refractivity contribution in [3.63, 3.8) is 0 Å². The molecule has 7 nitrogen and oxygen atoms in total. The highest BCUT2D eigenvalue weighted by Gasteiger charge is 2.58. The summed E-state index contributed by atoms with van der Waals surface area (Å²) in [6.45, 7) is 0.374. The van der Waals surface area contributed by atoms with Crippen LogP contribution in [0.1, 0.15) is 35.2 Å². The first kappa shape index (κ1) is 23.8. The number of piperidine rings is 2. The number of para-hydroxylation sites is 1. The molecule has 182 valence electrons. The third-order valence-electron chi connectivity index (χ3n) is 7.07. The molecule has 1 spiro atoms. The average molecular weight is 474 g/mol. The predicted octanol–water partition coefficient (Wildman–Crippen LogP) is 4.69. The van der Waals surface area contributed by atoms with E-state index in [1.165, 1.54) is 6.07 Å². The molecule has 0 bridgehead atoms. The van der Waals surface area contributed by atoms with E-state index in [0.717, 1.165) is 10.5 Å². The van der Waals surface area contributed by atoms with E-state index in [1.54, 1.807) is 19.2 Å². The fourth-order valence-corrected chi connectivity index (χ4v) is 5.02. The number of hydrogen-bond donors (Lipinski definition) is 2. The van der Waals surface area contributed by atoms with Gasteiger partial charge < -0.3 is 25.0 Å². The van der Waals surface area contributed by atoms with Gasteiger partial charge >= 0.3 is 12.1 Å². The summed E-state index contributed by atoms with van der Waals surface area (Å²) in [5, 5.41) is 12.4. The van der Waals surface area contributed by atoms with Gasteiger partial charge in [0.2, 0.25) is 0 Å². The Morgan fingerprint density at radius 1 is 1.03 bits per heavy atom. The quantitative estimate of drug-likeness (QED) is 0.656. The number of nitrogens with one attached hydrogen (secondary N) is 1. The Kier molecular flexibility index (Phi) is 6.63. The van der Waals surface area contributed by atoms with Crippen LogP contribution in [-0.2, 0) is 11.3 Å². The van der Waals surface area contributed by atoms with Gasteiger partial charge in [0.05, 0.1) is 23.5 Å². The number of carboxylic acids is 1. The molecule has 0 atom stereocenters. The van der Waals surface area contributed by atoms with Gasteiger partial charge in [0.1, 0.15) is 6.61 Å². The number of aromatic carboxylic acids is 1. The number of carbonyl (C=O) groups is 2. The van der Waals surface area contributed by atoms with Crippen molar-refractivity contribution in [1.82, 2.24) is 4.90 Å². The lowest BCUT2D eigenvalue weighted by Crippen LogP contribution is -2.60. The number of ether oxygens (including phenoxy) is 1. The van der Waals surface area contributed by atoms with Crippen LogP contribution in [-0.4, -0.2) is 61.2 Å². The third kappa shape index (κ3) is 4.51. The number of benzene rings is 2. The zero-order valence-electron chi connectivity index (χ0n) is 19.1. The van der Waals surface area contributed by atoms with Crippen molar-refractivity contribution < 1.29 is 28.2 Å². The Bertz CT molecular complexity index is 1040. The van der Waals surface area contributed by atoms with E-state index in [4.69, 9.17) is 4.74 Å². The van der Waals surface area contributed by atoms with Gasteiger partial charge in [-0.05, 0) is 37.0 Å². The van der Waals surface area contributed by atoms with Crippen molar-refractivity contribution in [2.24, 2.45) is 5.41 Å². The lowest BCUT2D eigenvalue weighted by Gasteiger charge is -2.51. The van der Waals surface area contributed by atoms with Gasteiger partial charge in [0.25, 0.3) is 5.92 Å². The van der Waals surface area contributed by atoms with E-state index in [2.05, 4.69) is 5.32 Å². The van der Waals surface area contributed by atoms with Crippen molar-refractivity contribution in [3.8, 4) is 0 Å². The van der Waals surface area contributed by atoms with E-state index in [0.29, 0.717) is 24.5 Å². The fourth-order valence-electron chi connectivity index (χ4n) is 5.02. The lowest BCUT2D eigenvalue weighted by molar-refractivity contribution is -0.173. The molecule has 9 heteroatoms. The number of halogens is 2. The second-order valence-corrected chi connectivity index (χ2v) is 8.94. The SMILES string of the molecule is CNc1c(C(=O)O)cccc1N1CCC2(CCN(C(=O)OCc3ccccc3)CC2(F)F)CC1. The molecule has 0 saturated carbocycles. The molecule has 2 fully saturated rings. The number of likely N-dealkylation sites (tertiary alicyclic amines) is 1.